The van der Waals surface area contributed by atoms with Crippen LogP contribution in [0.1, 0.15) is 36.0 Å². The highest BCUT2D eigenvalue weighted by molar-refractivity contribution is 7.80. The monoisotopic (exact) mass is 448 g/mol. The largest absolute Gasteiger partial charge is 0.497 e. The summed E-state index contributed by atoms with van der Waals surface area (Å²) in [6.07, 6.45) is 1.68. The van der Waals surface area contributed by atoms with Gasteiger partial charge < -0.3 is 10.1 Å². The number of rotatable bonds is 8. The van der Waals surface area contributed by atoms with Crippen molar-refractivity contribution in [2.75, 3.05) is 13.7 Å². The van der Waals surface area contributed by atoms with E-state index in [0.717, 1.165) is 11.1 Å². The molecule has 0 saturated heterocycles. The zero-order valence-corrected chi connectivity index (χ0v) is 18.9. The Morgan fingerprint density at radius 1 is 1.09 bits per heavy atom. The van der Waals surface area contributed by atoms with Crippen molar-refractivity contribution >= 4 is 46.3 Å². The fourth-order valence-corrected chi connectivity index (χ4v) is 3.88. The maximum Gasteiger partial charge on any atom is 0.280 e. The summed E-state index contributed by atoms with van der Waals surface area (Å²) < 4.78 is 5.26. The van der Waals surface area contributed by atoms with Gasteiger partial charge in [0.2, 0.25) is 11.0 Å². The van der Waals surface area contributed by atoms with Crippen molar-refractivity contribution in [2.45, 2.75) is 32.7 Å². The topological polar surface area (TPSA) is 83.4 Å². The predicted molar refractivity (Wildman–Crippen MR) is 128 cm³/mol. The Balaban J connectivity index is 1.28. The summed E-state index contributed by atoms with van der Waals surface area (Å²) in [5, 5.41) is 3.15. The van der Waals surface area contributed by atoms with E-state index in [-0.39, 0.29) is 16.9 Å². The molecule has 0 saturated carbocycles. The van der Waals surface area contributed by atoms with Gasteiger partial charge >= 0.3 is 0 Å². The van der Waals surface area contributed by atoms with Gasteiger partial charge in [0.25, 0.3) is 5.91 Å². The molecule has 0 radical (unpaired) electrons. The fourth-order valence-electron chi connectivity index (χ4n) is 3.61. The van der Waals surface area contributed by atoms with Crippen molar-refractivity contribution in [1.82, 2.24) is 10.2 Å². The van der Waals surface area contributed by atoms with Gasteiger partial charge in [-0.05, 0) is 55.7 Å². The van der Waals surface area contributed by atoms with Crippen LogP contribution in [-0.4, -0.2) is 46.9 Å². The Bertz CT molecular complexity index is 1140. The van der Waals surface area contributed by atoms with Crippen LogP contribution in [0.15, 0.2) is 52.4 Å². The predicted octanol–water partition coefficient (Wildman–Crippen LogP) is 3.49. The van der Waals surface area contributed by atoms with Crippen molar-refractivity contribution in [2.24, 2.45) is 9.98 Å². The Morgan fingerprint density at radius 2 is 1.88 bits per heavy atom. The van der Waals surface area contributed by atoms with Gasteiger partial charge in [-0.25, -0.2) is 9.98 Å². The zero-order valence-electron chi connectivity index (χ0n) is 18.1. The van der Waals surface area contributed by atoms with E-state index < -0.39 is 0 Å². The standard InChI is InChI=1S/C24H24N4O3S/c1-15-6-8-16(9-7-15)14-25-20(29)5-3-4-12-28-23(30)22-21(27-24(28)32)18-13-17(31-2)10-11-19(18)26-22/h6-11,13H,3-5,12,14H2,1-2H3,(H,25,29). The molecule has 0 aliphatic carbocycles. The van der Waals surface area contributed by atoms with Crippen molar-refractivity contribution in [3.8, 4) is 5.75 Å². The van der Waals surface area contributed by atoms with Crippen molar-refractivity contribution in [1.29, 1.82) is 0 Å². The minimum absolute atomic E-state index is 0.0111. The van der Waals surface area contributed by atoms with E-state index in [9.17, 15) is 9.59 Å². The SMILES string of the molecule is COc1ccc2c(c1)C1=NC(=S)N(CCCCC(=O)NCc3ccc(C)cc3)C(=O)C1=N2. The Labute approximate surface area is 192 Å². The van der Waals surface area contributed by atoms with Gasteiger partial charge in [0.1, 0.15) is 11.5 Å². The first-order chi connectivity index (χ1) is 15.5. The highest BCUT2D eigenvalue weighted by atomic mass is 32.1. The molecule has 2 aromatic carbocycles. The lowest BCUT2D eigenvalue weighted by Gasteiger charge is -2.25. The van der Waals surface area contributed by atoms with Gasteiger partial charge in [-0.1, -0.05) is 29.8 Å². The van der Waals surface area contributed by atoms with Gasteiger partial charge in [0.05, 0.1) is 12.8 Å². The number of benzene rings is 2. The van der Waals surface area contributed by atoms with E-state index in [1.54, 1.807) is 19.2 Å². The lowest BCUT2D eigenvalue weighted by atomic mass is 10.0. The van der Waals surface area contributed by atoms with Crippen LogP contribution in [0.4, 0.5) is 5.69 Å². The Morgan fingerprint density at radius 3 is 2.62 bits per heavy atom. The molecular weight excluding hydrogens is 424 g/mol. The van der Waals surface area contributed by atoms with E-state index in [1.807, 2.05) is 37.3 Å². The Hall–Kier alpha value is -3.39. The summed E-state index contributed by atoms with van der Waals surface area (Å²) >= 11 is 5.38. The number of aryl methyl sites for hydroxylation is 1. The van der Waals surface area contributed by atoms with Gasteiger partial charge in [-0.2, -0.15) is 0 Å². The third-order valence-corrected chi connectivity index (χ3v) is 5.76. The van der Waals surface area contributed by atoms with Gasteiger partial charge in [0, 0.05) is 25.1 Å². The third kappa shape index (κ3) is 4.60. The van der Waals surface area contributed by atoms with Crippen LogP contribution in [-0.2, 0) is 16.1 Å². The fraction of sp³-hybridized carbons (Fsp3) is 0.292. The molecule has 164 valence electrons. The number of amides is 2. The number of carbonyl (C=O) groups is 2. The molecule has 1 N–H and O–H groups in total. The van der Waals surface area contributed by atoms with Crippen molar-refractivity contribution in [3.63, 3.8) is 0 Å². The molecule has 32 heavy (non-hydrogen) atoms. The number of aliphatic imine (C=N–C) groups is 2. The molecule has 2 aliphatic rings. The maximum absolute atomic E-state index is 13.0. The molecule has 4 rings (SSSR count). The lowest BCUT2D eigenvalue weighted by Crippen LogP contribution is -2.46. The lowest BCUT2D eigenvalue weighted by molar-refractivity contribution is -0.121. The van der Waals surface area contributed by atoms with Crippen LogP contribution in [0.3, 0.4) is 0 Å². The number of hydrogen-bond donors (Lipinski definition) is 1. The summed E-state index contributed by atoms with van der Waals surface area (Å²) in [6, 6.07) is 13.5. The van der Waals surface area contributed by atoms with E-state index >= 15 is 0 Å². The number of nitrogens with zero attached hydrogens (tertiary/aromatic N) is 3. The second-order valence-electron chi connectivity index (χ2n) is 7.76. The highest BCUT2D eigenvalue weighted by Crippen LogP contribution is 2.32. The van der Waals surface area contributed by atoms with Crippen LogP contribution < -0.4 is 10.1 Å². The first kappa shape index (κ1) is 21.8. The van der Waals surface area contributed by atoms with Crippen LogP contribution in [0.5, 0.6) is 5.75 Å². The van der Waals surface area contributed by atoms with Crippen LogP contribution in [0.2, 0.25) is 0 Å². The maximum atomic E-state index is 13.0. The highest BCUT2D eigenvalue weighted by Gasteiger charge is 2.37. The molecular formula is C24H24N4O3S. The van der Waals surface area contributed by atoms with Gasteiger partial charge in [-0.3, -0.25) is 14.5 Å². The van der Waals surface area contributed by atoms with Crippen molar-refractivity contribution < 1.29 is 14.3 Å². The molecule has 2 aliphatic heterocycles. The molecule has 0 spiro atoms. The number of hydrogen-bond acceptors (Lipinski definition) is 5. The first-order valence-electron chi connectivity index (χ1n) is 10.5. The number of thiocarbonyl (C=S) groups is 1. The van der Waals surface area contributed by atoms with Crippen LogP contribution in [0.25, 0.3) is 0 Å². The minimum Gasteiger partial charge on any atom is -0.497 e. The molecule has 0 bridgehead atoms. The second kappa shape index (κ2) is 9.40. The molecule has 0 aromatic heterocycles. The van der Waals surface area contributed by atoms with E-state index in [2.05, 4.69) is 15.3 Å². The second-order valence-corrected chi connectivity index (χ2v) is 8.13. The summed E-state index contributed by atoms with van der Waals surface area (Å²) in [5.74, 6) is 0.409. The summed E-state index contributed by atoms with van der Waals surface area (Å²) in [6.45, 7) is 2.94. The number of unbranched alkanes of at least 4 members (excludes halogenated alkanes) is 1. The third-order valence-electron chi connectivity index (χ3n) is 5.45. The Kier molecular flexibility index (Phi) is 6.41. The molecule has 2 amide bonds. The summed E-state index contributed by atoms with van der Waals surface area (Å²) in [5.41, 5.74) is 4.49. The average Bonchev–Trinajstić information content (AvgIpc) is 3.16. The normalized spacial score (nSPS) is 14.5. The zero-order chi connectivity index (χ0) is 22.7. The number of nitrogens with one attached hydrogen (secondary N) is 1. The van der Waals surface area contributed by atoms with E-state index in [4.69, 9.17) is 17.0 Å². The molecule has 7 nitrogen and oxygen atoms in total. The first-order valence-corrected chi connectivity index (χ1v) is 10.9. The number of methoxy groups -OCH3 is 1. The number of carbonyl (C=O) groups excluding carboxylic acids is 2. The van der Waals surface area contributed by atoms with Crippen LogP contribution >= 0.6 is 12.2 Å². The smallest absolute Gasteiger partial charge is 0.280 e. The van der Waals surface area contributed by atoms with Crippen molar-refractivity contribution in [3.05, 3.63) is 59.2 Å². The molecule has 8 heteroatoms. The summed E-state index contributed by atoms with van der Waals surface area (Å²) in [7, 11) is 1.58. The average molecular weight is 449 g/mol. The number of ether oxygens (including phenoxy) is 1. The molecule has 0 unspecified atom stereocenters. The minimum atomic E-state index is -0.251. The molecule has 0 atom stereocenters. The molecule has 2 heterocycles. The summed E-state index contributed by atoms with van der Waals surface area (Å²) in [4.78, 5) is 35.5. The molecule has 2 aromatic rings. The van der Waals surface area contributed by atoms with Gasteiger partial charge in [-0.15, -0.1) is 0 Å². The quantitative estimate of drug-likeness (QED) is 0.495. The van der Waals surface area contributed by atoms with Crippen LogP contribution in [0, 0.1) is 6.92 Å². The van der Waals surface area contributed by atoms with Gasteiger partial charge in [0.15, 0.2) is 5.71 Å². The van der Waals surface area contributed by atoms with E-state index in [1.165, 1.54) is 10.5 Å². The number of fused-ring (bicyclic) bond motifs is 3. The van der Waals surface area contributed by atoms with E-state index in [0.29, 0.717) is 55.2 Å². The molecule has 0 fully saturated rings.